The second-order valence-electron chi connectivity index (χ2n) is 6.75. The molecule has 0 saturated carbocycles. The van der Waals surface area contributed by atoms with Gasteiger partial charge in [-0.25, -0.2) is 0 Å². The smallest absolute Gasteiger partial charge is 0.245 e. The molecule has 1 unspecified atom stereocenters. The van der Waals surface area contributed by atoms with Gasteiger partial charge < -0.3 is 15.2 Å². The number of aliphatic hydroxyl groups is 1. The van der Waals surface area contributed by atoms with Gasteiger partial charge in [0.1, 0.15) is 0 Å². The molecule has 142 valence electrons. The molecule has 4 rings (SSSR count). The number of ether oxygens (including phenoxy) is 1. The number of hydrogen-bond acceptors (Lipinski definition) is 5. The molecule has 1 fully saturated rings. The lowest BCUT2D eigenvalue weighted by Gasteiger charge is -2.38. The summed E-state index contributed by atoms with van der Waals surface area (Å²) in [6.07, 6.45) is 0.641. The van der Waals surface area contributed by atoms with Crippen LogP contribution < -0.4 is 15.0 Å². The highest BCUT2D eigenvalue weighted by Gasteiger charge is 2.32. The number of carbonyl (C=O) groups is 1. The van der Waals surface area contributed by atoms with E-state index in [-0.39, 0.29) is 25.1 Å². The molecule has 0 bridgehead atoms. The number of anilines is 2. The number of nitrogens with one attached hydrogen (secondary N) is 1. The van der Waals surface area contributed by atoms with E-state index in [4.69, 9.17) is 16.3 Å². The molecule has 1 saturated heterocycles. The third-order valence-corrected chi connectivity index (χ3v) is 5.25. The van der Waals surface area contributed by atoms with Crippen LogP contribution in [0.5, 0.6) is 11.5 Å². The molecule has 2 aliphatic rings. The van der Waals surface area contributed by atoms with Crippen molar-refractivity contribution in [3.8, 4) is 11.5 Å². The molecule has 1 amide bonds. The number of piperazine rings is 1. The summed E-state index contributed by atoms with van der Waals surface area (Å²) >= 11 is 6.19. The Hall–Kier alpha value is -2.12. The number of halogens is 1. The van der Waals surface area contributed by atoms with Crippen LogP contribution in [-0.2, 0) is 4.79 Å². The van der Waals surface area contributed by atoms with Crippen molar-refractivity contribution in [2.45, 2.75) is 12.5 Å². The second kappa shape index (κ2) is 7.86. The number of aliphatic hydroxyl groups excluding tert-OH is 1. The SMILES string of the molecule is O=C(CN1CCNCC1CCO)N1c2ccccc2Oc2ccc(Cl)cc21. The zero-order chi connectivity index (χ0) is 18.8. The molecule has 2 aromatic rings. The van der Waals surface area contributed by atoms with Gasteiger partial charge in [0.25, 0.3) is 0 Å². The van der Waals surface area contributed by atoms with E-state index in [2.05, 4.69) is 10.2 Å². The first-order valence-electron chi connectivity index (χ1n) is 9.12. The number of benzene rings is 2. The lowest BCUT2D eigenvalue weighted by Crippen LogP contribution is -2.54. The van der Waals surface area contributed by atoms with Crippen molar-refractivity contribution < 1.29 is 14.6 Å². The van der Waals surface area contributed by atoms with Crippen molar-refractivity contribution in [1.29, 1.82) is 0 Å². The normalized spacial score (nSPS) is 19.2. The maximum atomic E-state index is 13.4. The van der Waals surface area contributed by atoms with E-state index >= 15 is 0 Å². The Kier molecular flexibility index (Phi) is 5.31. The van der Waals surface area contributed by atoms with Crippen molar-refractivity contribution >= 4 is 28.9 Å². The van der Waals surface area contributed by atoms with Crippen LogP contribution in [0.4, 0.5) is 11.4 Å². The molecule has 6 nitrogen and oxygen atoms in total. The van der Waals surface area contributed by atoms with E-state index in [1.807, 2.05) is 24.3 Å². The Bertz CT molecular complexity index is 843. The molecule has 7 heteroatoms. The van der Waals surface area contributed by atoms with Crippen molar-refractivity contribution in [3.05, 3.63) is 47.5 Å². The number of rotatable bonds is 4. The summed E-state index contributed by atoms with van der Waals surface area (Å²) in [6, 6.07) is 12.9. The minimum absolute atomic E-state index is 0.0425. The van der Waals surface area contributed by atoms with E-state index in [1.165, 1.54) is 0 Å². The fraction of sp³-hybridized carbons (Fsp3) is 0.350. The molecule has 0 spiro atoms. The molecule has 2 heterocycles. The summed E-state index contributed by atoms with van der Waals surface area (Å²) in [4.78, 5) is 17.2. The third-order valence-electron chi connectivity index (χ3n) is 5.01. The molecule has 2 aromatic carbocycles. The van der Waals surface area contributed by atoms with E-state index in [9.17, 15) is 9.90 Å². The monoisotopic (exact) mass is 387 g/mol. The molecule has 0 aromatic heterocycles. The fourth-order valence-electron chi connectivity index (χ4n) is 3.69. The second-order valence-corrected chi connectivity index (χ2v) is 7.19. The maximum Gasteiger partial charge on any atom is 0.245 e. The lowest BCUT2D eigenvalue weighted by molar-refractivity contribution is -0.120. The Labute approximate surface area is 163 Å². The standard InChI is InChI=1S/C20H22ClN3O3/c21-14-5-6-19-17(11-14)24(16-3-1-2-4-18(16)27-19)20(26)13-23-9-8-22-12-15(23)7-10-25/h1-6,11,15,22,25H,7-10,12-13H2. The van der Waals surface area contributed by atoms with Gasteiger partial charge in [0.2, 0.25) is 5.91 Å². The number of nitrogens with zero attached hydrogens (tertiary/aromatic N) is 2. The lowest BCUT2D eigenvalue weighted by atomic mass is 10.1. The summed E-state index contributed by atoms with van der Waals surface area (Å²) in [5, 5.41) is 13.2. The van der Waals surface area contributed by atoms with Gasteiger partial charge in [0, 0.05) is 37.3 Å². The first-order valence-corrected chi connectivity index (χ1v) is 9.50. The van der Waals surface area contributed by atoms with Gasteiger partial charge in [-0.15, -0.1) is 0 Å². The topological polar surface area (TPSA) is 65.0 Å². The quantitative estimate of drug-likeness (QED) is 0.844. The zero-order valence-electron chi connectivity index (χ0n) is 14.9. The summed E-state index contributed by atoms with van der Waals surface area (Å²) in [6.45, 7) is 2.75. The molecule has 0 aliphatic carbocycles. The Balaban J connectivity index is 1.66. The average Bonchev–Trinajstić information content (AvgIpc) is 2.68. The Morgan fingerprint density at radius 2 is 2.04 bits per heavy atom. The first-order chi connectivity index (χ1) is 13.2. The van der Waals surface area contributed by atoms with E-state index in [1.54, 1.807) is 23.1 Å². The van der Waals surface area contributed by atoms with E-state index < -0.39 is 0 Å². The number of hydrogen-bond donors (Lipinski definition) is 2. The molecule has 27 heavy (non-hydrogen) atoms. The predicted octanol–water partition coefficient (Wildman–Crippen LogP) is 2.77. The van der Waals surface area contributed by atoms with Gasteiger partial charge >= 0.3 is 0 Å². The van der Waals surface area contributed by atoms with Crippen LogP contribution in [-0.4, -0.2) is 54.7 Å². The van der Waals surface area contributed by atoms with Crippen LogP contribution in [0.3, 0.4) is 0 Å². The molecular weight excluding hydrogens is 366 g/mol. The minimum Gasteiger partial charge on any atom is -0.453 e. The van der Waals surface area contributed by atoms with Crippen LogP contribution in [0.2, 0.25) is 5.02 Å². The van der Waals surface area contributed by atoms with E-state index in [0.717, 1.165) is 19.6 Å². The van der Waals surface area contributed by atoms with Crippen molar-refractivity contribution in [3.63, 3.8) is 0 Å². The molecule has 2 aliphatic heterocycles. The summed E-state index contributed by atoms with van der Waals surface area (Å²) in [5.74, 6) is 1.21. The Morgan fingerprint density at radius 3 is 2.89 bits per heavy atom. The van der Waals surface area contributed by atoms with Crippen molar-refractivity contribution in [1.82, 2.24) is 10.2 Å². The van der Waals surface area contributed by atoms with Gasteiger partial charge in [0.15, 0.2) is 11.5 Å². The maximum absolute atomic E-state index is 13.4. The van der Waals surface area contributed by atoms with Gasteiger partial charge in [-0.1, -0.05) is 23.7 Å². The van der Waals surface area contributed by atoms with Crippen molar-refractivity contribution in [2.24, 2.45) is 0 Å². The summed E-state index contributed by atoms with van der Waals surface area (Å²) in [5.41, 5.74) is 1.37. The number of para-hydroxylation sites is 2. The third kappa shape index (κ3) is 3.66. The number of carbonyl (C=O) groups excluding carboxylic acids is 1. The molecule has 1 atom stereocenters. The number of amides is 1. The van der Waals surface area contributed by atoms with Gasteiger partial charge in [-0.2, -0.15) is 0 Å². The van der Waals surface area contributed by atoms with Crippen LogP contribution in [0.1, 0.15) is 6.42 Å². The first kappa shape index (κ1) is 18.3. The van der Waals surface area contributed by atoms with Gasteiger partial charge in [-0.05, 0) is 36.8 Å². The van der Waals surface area contributed by atoms with Crippen LogP contribution in [0.15, 0.2) is 42.5 Å². The molecular formula is C20H22ClN3O3. The Morgan fingerprint density at radius 1 is 1.22 bits per heavy atom. The zero-order valence-corrected chi connectivity index (χ0v) is 15.7. The largest absolute Gasteiger partial charge is 0.453 e. The van der Waals surface area contributed by atoms with E-state index in [0.29, 0.717) is 34.3 Å². The van der Waals surface area contributed by atoms with Gasteiger partial charge in [-0.3, -0.25) is 14.6 Å². The van der Waals surface area contributed by atoms with Crippen molar-refractivity contribution in [2.75, 3.05) is 37.7 Å². The summed E-state index contributed by atoms with van der Waals surface area (Å²) in [7, 11) is 0. The predicted molar refractivity (Wildman–Crippen MR) is 105 cm³/mol. The highest BCUT2D eigenvalue weighted by Crippen LogP contribution is 2.47. The highest BCUT2D eigenvalue weighted by atomic mass is 35.5. The van der Waals surface area contributed by atoms with Crippen LogP contribution in [0, 0.1) is 0 Å². The number of fused-ring (bicyclic) bond motifs is 2. The molecule has 2 N–H and O–H groups in total. The highest BCUT2D eigenvalue weighted by molar-refractivity contribution is 6.31. The van der Waals surface area contributed by atoms with Crippen LogP contribution >= 0.6 is 11.6 Å². The fourth-order valence-corrected chi connectivity index (χ4v) is 3.85. The molecule has 0 radical (unpaired) electrons. The van der Waals surface area contributed by atoms with Crippen LogP contribution in [0.25, 0.3) is 0 Å². The summed E-state index contributed by atoms with van der Waals surface area (Å²) < 4.78 is 5.95. The minimum atomic E-state index is -0.0425. The van der Waals surface area contributed by atoms with Gasteiger partial charge in [0.05, 0.1) is 17.9 Å². The average molecular weight is 388 g/mol.